The highest BCUT2D eigenvalue weighted by Gasteiger charge is 2.45. The number of ether oxygens (including phenoxy) is 2. The predicted octanol–water partition coefficient (Wildman–Crippen LogP) is 9.45. The Morgan fingerprint density at radius 1 is 0.583 bits per heavy atom. The number of carbonyl (C=O) groups excluding carboxylic acids is 1. The van der Waals surface area contributed by atoms with Gasteiger partial charge in [0.05, 0.1) is 0 Å². The minimum absolute atomic E-state index is 0.0372. The van der Waals surface area contributed by atoms with E-state index in [2.05, 4.69) is 90.1 Å². The molecule has 0 spiro atoms. The van der Waals surface area contributed by atoms with Gasteiger partial charge in [-0.15, -0.1) is 0 Å². The monoisotopic (exact) mass is 490 g/mol. The van der Waals surface area contributed by atoms with E-state index in [1.54, 1.807) is 0 Å². The molecule has 196 valence electrons. The molecular weight excluding hydrogens is 444 g/mol. The van der Waals surface area contributed by atoms with Gasteiger partial charge in [0, 0.05) is 0 Å². The lowest BCUT2D eigenvalue weighted by Crippen LogP contribution is -2.41. The summed E-state index contributed by atoms with van der Waals surface area (Å²) in [7, 11) is 0. The Labute approximate surface area is 219 Å². The zero-order valence-electron chi connectivity index (χ0n) is 23.4. The molecule has 3 heteroatoms. The van der Waals surface area contributed by atoms with E-state index in [1.807, 2.05) is 0 Å². The lowest BCUT2D eigenvalue weighted by molar-refractivity contribution is -0.109. The molecular formula is C33H46O3. The summed E-state index contributed by atoms with van der Waals surface area (Å²) in [6.45, 7) is 13.4. The quantitative estimate of drug-likeness (QED) is 0.400. The second-order valence-corrected chi connectivity index (χ2v) is 13.2. The molecule has 4 rings (SSSR count). The van der Waals surface area contributed by atoms with Crippen molar-refractivity contribution in [2.45, 2.75) is 128 Å². The van der Waals surface area contributed by atoms with Crippen LogP contribution < -0.4 is 0 Å². The highest BCUT2D eigenvalue weighted by molar-refractivity contribution is 5.63. The van der Waals surface area contributed by atoms with Gasteiger partial charge < -0.3 is 9.47 Å². The largest absolute Gasteiger partial charge is 0.510 e. The van der Waals surface area contributed by atoms with Gasteiger partial charge in [-0.05, 0) is 84.5 Å². The highest BCUT2D eigenvalue weighted by atomic mass is 16.7. The van der Waals surface area contributed by atoms with Crippen LogP contribution in [0.15, 0.2) is 48.5 Å². The topological polar surface area (TPSA) is 35.5 Å². The highest BCUT2D eigenvalue weighted by Crippen LogP contribution is 2.48. The molecule has 0 heterocycles. The van der Waals surface area contributed by atoms with Crippen LogP contribution in [0.5, 0.6) is 0 Å². The van der Waals surface area contributed by atoms with Crippen LogP contribution in [-0.2, 0) is 31.5 Å². The first-order chi connectivity index (χ1) is 17.0. The molecule has 0 radical (unpaired) electrons. The number of hydrogen-bond donors (Lipinski definition) is 0. The van der Waals surface area contributed by atoms with Gasteiger partial charge in [-0.1, -0.05) is 103 Å². The van der Waals surface area contributed by atoms with Crippen LogP contribution in [0.1, 0.15) is 128 Å². The molecule has 0 atom stereocenters. The normalized spacial score (nSPS) is 19.9. The van der Waals surface area contributed by atoms with Crippen molar-refractivity contribution >= 4 is 6.16 Å². The third kappa shape index (κ3) is 5.50. The Bertz CT molecular complexity index is 958. The van der Waals surface area contributed by atoms with Crippen molar-refractivity contribution in [3.05, 3.63) is 70.8 Å². The summed E-state index contributed by atoms with van der Waals surface area (Å²) in [6, 6.07) is 17.1. The third-order valence-corrected chi connectivity index (χ3v) is 8.33. The zero-order valence-corrected chi connectivity index (χ0v) is 23.4. The molecule has 2 aliphatic carbocycles. The van der Waals surface area contributed by atoms with Gasteiger partial charge in [0.25, 0.3) is 0 Å². The van der Waals surface area contributed by atoms with Crippen LogP contribution >= 0.6 is 0 Å². The second kappa shape index (κ2) is 10.2. The van der Waals surface area contributed by atoms with Crippen molar-refractivity contribution in [2.75, 3.05) is 0 Å². The summed E-state index contributed by atoms with van der Waals surface area (Å²) in [5.74, 6) is 0. The van der Waals surface area contributed by atoms with Gasteiger partial charge in [-0.25, -0.2) is 4.79 Å². The van der Waals surface area contributed by atoms with Crippen LogP contribution in [0.4, 0.5) is 4.79 Å². The Kier molecular flexibility index (Phi) is 7.60. The summed E-state index contributed by atoms with van der Waals surface area (Å²) >= 11 is 0. The average Bonchev–Trinajstić information content (AvgIpc) is 2.84. The third-order valence-electron chi connectivity index (χ3n) is 8.33. The number of hydrogen-bond acceptors (Lipinski definition) is 3. The van der Waals surface area contributed by atoms with Gasteiger partial charge in [0.2, 0.25) is 0 Å². The molecule has 0 bridgehead atoms. The number of rotatable bonds is 4. The molecule has 0 saturated heterocycles. The van der Waals surface area contributed by atoms with E-state index in [-0.39, 0.29) is 10.8 Å². The number of carbonyl (C=O) groups is 1. The molecule has 2 aromatic carbocycles. The molecule has 2 saturated carbocycles. The first-order valence-corrected chi connectivity index (χ1v) is 14.1. The van der Waals surface area contributed by atoms with Gasteiger partial charge in [-0.3, -0.25) is 0 Å². The fourth-order valence-corrected chi connectivity index (χ4v) is 6.51. The molecule has 36 heavy (non-hydrogen) atoms. The fourth-order valence-electron chi connectivity index (χ4n) is 6.51. The number of benzene rings is 2. The SMILES string of the molecule is CC(C)(C)c1ccccc1C1(OC(=O)OC2(c3ccccc3C(C)(C)C)CCCCC2)CCCCC1. The van der Waals surface area contributed by atoms with Gasteiger partial charge >= 0.3 is 6.16 Å². The summed E-state index contributed by atoms with van der Waals surface area (Å²) < 4.78 is 13.0. The van der Waals surface area contributed by atoms with E-state index in [0.29, 0.717) is 0 Å². The van der Waals surface area contributed by atoms with E-state index in [0.717, 1.165) is 62.5 Å². The van der Waals surface area contributed by atoms with E-state index in [4.69, 9.17) is 9.47 Å². The van der Waals surface area contributed by atoms with Crippen LogP contribution in [-0.4, -0.2) is 6.16 Å². The van der Waals surface area contributed by atoms with Crippen molar-refractivity contribution in [3.63, 3.8) is 0 Å². The van der Waals surface area contributed by atoms with Crippen LogP contribution in [0.2, 0.25) is 0 Å². The second-order valence-electron chi connectivity index (χ2n) is 13.2. The summed E-state index contributed by atoms with van der Waals surface area (Å²) in [5.41, 5.74) is 3.49. The van der Waals surface area contributed by atoms with Crippen molar-refractivity contribution in [1.29, 1.82) is 0 Å². The molecule has 2 aliphatic rings. The van der Waals surface area contributed by atoms with Crippen LogP contribution in [0, 0.1) is 0 Å². The van der Waals surface area contributed by atoms with E-state index in [9.17, 15) is 4.79 Å². The van der Waals surface area contributed by atoms with E-state index in [1.165, 1.54) is 24.0 Å². The minimum atomic E-state index is -0.626. The van der Waals surface area contributed by atoms with E-state index < -0.39 is 17.4 Å². The molecule has 3 nitrogen and oxygen atoms in total. The lowest BCUT2D eigenvalue weighted by atomic mass is 9.72. The Morgan fingerprint density at radius 2 is 0.917 bits per heavy atom. The van der Waals surface area contributed by atoms with Gasteiger partial charge in [-0.2, -0.15) is 0 Å². The van der Waals surface area contributed by atoms with Crippen molar-refractivity contribution in [2.24, 2.45) is 0 Å². The minimum Gasteiger partial charge on any atom is -0.423 e. The lowest BCUT2D eigenvalue weighted by Gasteiger charge is -2.43. The van der Waals surface area contributed by atoms with E-state index >= 15 is 0 Å². The molecule has 2 fully saturated rings. The molecule has 0 N–H and O–H groups in total. The van der Waals surface area contributed by atoms with Crippen molar-refractivity contribution < 1.29 is 14.3 Å². The molecule has 0 amide bonds. The summed E-state index contributed by atoms with van der Waals surface area (Å²) in [5, 5.41) is 0. The smallest absolute Gasteiger partial charge is 0.423 e. The first-order valence-electron chi connectivity index (χ1n) is 14.1. The maximum absolute atomic E-state index is 13.8. The molecule has 0 unspecified atom stereocenters. The predicted molar refractivity (Wildman–Crippen MR) is 147 cm³/mol. The summed E-state index contributed by atoms with van der Waals surface area (Å²) in [4.78, 5) is 13.8. The van der Waals surface area contributed by atoms with Crippen molar-refractivity contribution in [3.8, 4) is 0 Å². The van der Waals surface area contributed by atoms with Crippen LogP contribution in [0.25, 0.3) is 0 Å². The maximum Gasteiger partial charge on any atom is 0.510 e. The zero-order chi connectivity index (χ0) is 26.0. The molecule has 2 aromatic rings. The molecule has 0 aliphatic heterocycles. The Balaban J connectivity index is 1.70. The average molecular weight is 491 g/mol. The van der Waals surface area contributed by atoms with Gasteiger partial charge in [0.15, 0.2) is 0 Å². The van der Waals surface area contributed by atoms with Crippen molar-refractivity contribution in [1.82, 2.24) is 0 Å². The fraction of sp³-hybridized carbons (Fsp3) is 0.606. The maximum atomic E-state index is 13.8. The van der Waals surface area contributed by atoms with Gasteiger partial charge in [0.1, 0.15) is 11.2 Å². The molecule has 0 aromatic heterocycles. The van der Waals surface area contributed by atoms with Crippen LogP contribution in [0.3, 0.4) is 0 Å². The first kappa shape index (κ1) is 26.8. The Hall–Kier alpha value is -2.29. The Morgan fingerprint density at radius 3 is 1.25 bits per heavy atom. The standard InChI is InChI=1S/C33H46O3/c1-30(2,3)25-17-9-11-19-27(25)32(21-13-7-14-22-32)35-29(34)36-33(23-15-8-16-24-33)28-20-12-10-18-26(28)31(4,5)6/h9-12,17-20H,7-8,13-16,21-24H2,1-6H3. The summed E-state index contributed by atoms with van der Waals surface area (Å²) in [6.07, 6.45) is 9.48.